The van der Waals surface area contributed by atoms with Crippen molar-refractivity contribution in [3.8, 4) is 0 Å². The quantitative estimate of drug-likeness (QED) is 0.869. The van der Waals surface area contributed by atoms with Crippen molar-refractivity contribution < 1.29 is 19.5 Å². The van der Waals surface area contributed by atoms with Gasteiger partial charge in [-0.3, -0.25) is 14.5 Å². The van der Waals surface area contributed by atoms with Crippen LogP contribution in [0.1, 0.15) is 12.5 Å². The van der Waals surface area contributed by atoms with Crippen LogP contribution in [0.15, 0.2) is 29.2 Å². The van der Waals surface area contributed by atoms with E-state index in [2.05, 4.69) is 0 Å². The van der Waals surface area contributed by atoms with E-state index in [1.807, 2.05) is 0 Å². The summed E-state index contributed by atoms with van der Waals surface area (Å²) in [5.74, 6) is -1.81. The molecule has 0 bridgehead atoms. The van der Waals surface area contributed by atoms with Crippen LogP contribution in [0.2, 0.25) is 5.02 Å². The van der Waals surface area contributed by atoms with Crippen LogP contribution >= 0.6 is 23.4 Å². The van der Waals surface area contributed by atoms with Crippen molar-refractivity contribution in [3.63, 3.8) is 0 Å². The molecule has 1 aromatic carbocycles. The first-order valence-electron chi connectivity index (χ1n) is 5.65. The minimum Gasteiger partial charge on any atom is -0.480 e. The van der Waals surface area contributed by atoms with E-state index in [9.17, 15) is 14.4 Å². The molecule has 0 saturated carbocycles. The van der Waals surface area contributed by atoms with Gasteiger partial charge in [-0.2, -0.15) is 0 Å². The normalized spacial score (nSPS) is 18.7. The lowest BCUT2D eigenvalue weighted by molar-refractivity contribution is -0.145. The summed E-state index contributed by atoms with van der Waals surface area (Å²) in [4.78, 5) is 35.6. The van der Waals surface area contributed by atoms with Crippen molar-refractivity contribution >= 4 is 46.6 Å². The predicted octanol–water partition coefficient (Wildman–Crippen LogP) is 2.85. The number of carboxylic acids is 1. The lowest BCUT2D eigenvalue weighted by atomic mass is 10.2. The van der Waals surface area contributed by atoms with Gasteiger partial charge in [0.2, 0.25) is 0 Å². The first kappa shape index (κ1) is 14.6. The molecule has 0 aliphatic carbocycles. The van der Waals surface area contributed by atoms with E-state index in [1.165, 1.54) is 13.0 Å². The van der Waals surface area contributed by atoms with Crippen LogP contribution in [0.3, 0.4) is 0 Å². The monoisotopic (exact) mass is 311 g/mol. The molecule has 0 aromatic heterocycles. The number of hydrogen-bond acceptors (Lipinski definition) is 4. The summed E-state index contributed by atoms with van der Waals surface area (Å²) < 4.78 is 0. The topological polar surface area (TPSA) is 74.7 Å². The number of benzene rings is 1. The summed E-state index contributed by atoms with van der Waals surface area (Å²) in [5.41, 5.74) is 0.711. The van der Waals surface area contributed by atoms with Crippen molar-refractivity contribution in [3.05, 3.63) is 39.8 Å². The molecule has 20 heavy (non-hydrogen) atoms. The molecule has 1 N–H and O–H groups in total. The van der Waals surface area contributed by atoms with E-state index in [-0.39, 0.29) is 4.91 Å². The van der Waals surface area contributed by atoms with Gasteiger partial charge in [-0.15, -0.1) is 0 Å². The third-order valence-electron chi connectivity index (χ3n) is 2.74. The standard InChI is InChI=1S/C13H10ClNO4S/c1-7(12(17)18)15-11(16)10(20-13(15)19)6-8-2-4-9(14)5-3-8/h2-7H,1H3,(H,17,18)/b10-6+/t7-/m0/s1. The molecule has 0 unspecified atom stereocenters. The van der Waals surface area contributed by atoms with Gasteiger partial charge in [0.1, 0.15) is 6.04 Å². The van der Waals surface area contributed by atoms with E-state index in [0.717, 1.165) is 16.7 Å². The molecule has 1 saturated heterocycles. The van der Waals surface area contributed by atoms with Crippen LogP contribution in [0.5, 0.6) is 0 Å². The fourth-order valence-electron chi connectivity index (χ4n) is 1.63. The number of carbonyl (C=O) groups is 3. The molecule has 5 nitrogen and oxygen atoms in total. The number of amides is 2. The average Bonchev–Trinajstić information content (AvgIpc) is 2.66. The van der Waals surface area contributed by atoms with Gasteiger partial charge in [0.05, 0.1) is 4.91 Å². The highest BCUT2D eigenvalue weighted by atomic mass is 35.5. The zero-order valence-corrected chi connectivity index (χ0v) is 11.9. The Morgan fingerprint density at radius 1 is 1.35 bits per heavy atom. The van der Waals surface area contributed by atoms with Gasteiger partial charge in [0, 0.05) is 5.02 Å². The van der Waals surface area contributed by atoms with Gasteiger partial charge in [0.15, 0.2) is 0 Å². The highest BCUT2D eigenvalue weighted by molar-refractivity contribution is 8.18. The fourth-order valence-corrected chi connectivity index (χ4v) is 2.67. The van der Waals surface area contributed by atoms with Gasteiger partial charge in [-0.25, -0.2) is 4.79 Å². The Morgan fingerprint density at radius 3 is 2.50 bits per heavy atom. The third-order valence-corrected chi connectivity index (χ3v) is 3.87. The number of hydrogen-bond donors (Lipinski definition) is 1. The van der Waals surface area contributed by atoms with E-state index >= 15 is 0 Å². The van der Waals surface area contributed by atoms with Crippen molar-refractivity contribution in [2.45, 2.75) is 13.0 Å². The molecule has 0 spiro atoms. The van der Waals surface area contributed by atoms with Crippen LogP contribution in [-0.2, 0) is 9.59 Å². The molecule has 7 heteroatoms. The number of nitrogens with zero attached hydrogens (tertiary/aromatic N) is 1. The zero-order valence-electron chi connectivity index (χ0n) is 10.4. The van der Waals surface area contributed by atoms with Crippen molar-refractivity contribution in [2.75, 3.05) is 0 Å². The van der Waals surface area contributed by atoms with Gasteiger partial charge in [-0.05, 0) is 42.5 Å². The lowest BCUT2D eigenvalue weighted by Gasteiger charge is -2.16. The van der Waals surface area contributed by atoms with Gasteiger partial charge in [-0.1, -0.05) is 23.7 Å². The minimum absolute atomic E-state index is 0.199. The summed E-state index contributed by atoms with van der Waals surface area (Å²) in [6.45, 7) is 1.30. The smallest absolute Gasteiger partial charge is 0.326 e. The number of rotatable bonds is 3. The number of carbonyl (C=O) groups excluding carboxylic acids is 2. The summed E-state index contributed by atoms with van der Waals surface area (Å²) in [5, 5.41) is 8.88. The Hall–Kier alpha value is -1.79. The SMILES string of the molecule is C[C@@H](C(=O)O)N1C(=O)S/C(=C/c2ccc(Cl)cc2)C1=O. The average molecular weight is 312 g/mol. The molecule has 1 atom stereocenters. The first-order chi connectivity index (χ1) is 9.40. The maximum absolute atomic E-state index is 12.1. The van der Waals surface area contributed by atoms with Crippen LogP contribution in [-0.4, -0.2) is 33.2 Å². The Labute approximate surface area is 124 Å². The van der Waals surface area contributed by atoms with Gasteiger partial charge >= 0.3 is 5.97 Å². The van der Waals surface area contributed by atoms with E-state index in [4.69, 9.17) is 16.7 Å². The molecular formula is C13H10ClNO4S. The predicted molar refractivity (Wildman–Crippen MR) is 76.4 cm³/mol. The van der Waals surface area contributed by atoms with E-state index in [1.54, 1.807) is 24.3 Å². The fraction of sp³-hybridized carbons (Fsp3) is 0.154. The zero-order chi connectivity index (χ0) is 14.9. The van der Waals surface area contributed by atoms with Gasteiger partial charge in [0.25, 0.3) is 11.1 Å². The second-order valence-corrected chi connectivity index (χ2v) is 5.55. The number of aliphatic carboxylic acids is 1. The number of carboxylic acid groups (broad SMARTS) is 1. The molecule has 1 aliphatic rings. The van der Waals surface area contributed by atoms with Crippen LogP contribution in [0.25, 0.3) is 6.08 Å². The Balaban J connectivity index is 2.28. The maximum atomic E-state index is 12.1. The molecule has 104 valence electrons. The van der Waals surface area contributed by atoms with Crippen molar-refractivity contribution in [2.24, 2.45) is 0 Å². The van der Waals surface area contributed by atoms with Gasteiger partial charge < -0.3 is 5.11 Å². The summed E-state index contributed by atoms with van der Waals surface area (Å²) in [7, 11) is 0. The largest absolute Gasteiger partial charge is 0.480 e. The molecule has 1 aromatic rings. The Bertz CT molecular complexity index is 611. The first-order valence-corrected chi connectivity index (χ1v) is 6.85. The van der Waals surface area contributed by atoms with Crippen LogP contribution < -0.4 is 0 Å². The summed E-state index contributed by atoms with van der Waals surface area (Å²) in [6, 6.07) is 5.56. The number of imide groups is 1. The molecule has 2 rings (SSSR count). The summed E-state index contributed by atoms with van der Waals surface area (Å²) in [6.07, 6.45) is 1.54. The summed E-state index contributed by atoms with van der Waals surface area (Å²) >= 11 is 6.49. The van der Waals surface area contributed by atoms with Crippen molar-refractivity contribution in [1.82, 2.24) is 4.90 Å². The lowest BCUT2D eigenvalue weighted by Crippen LogP contribution is -2.41. The van der Waals surface area contributed by atoms with Crippen molar-refractivity contribution in [1.29, 1.82) is 0 Å². The highest BCUT2D eigenvalue weighted by Crippen LogP contribution is 2.33. The second kappa shape index (κ2) is 5.68. The Kier molecular flexibility index (Phi) is 4.15. The van der Waals surface area contributed by atoms with Crippen LogP contribution in [0, 0.1) is 0 Å². The number of halogens is 1. The maximum Gasteiger partial charge on any atom is 0.326 e. The molecule has 1 fully saturated rings. The molecule has 2 amide bonds. The molecular weight excluding hydrogens is 302 g/mol. The highest BCUT2D eigenvalue weighted by Gasteiger charge is 2.40. The second-order valence-electron chi connectivity index (χ2n) is 4.12. The van der Waals surface area contributed by atoms with E-state index < -0.39 is 23.2 Å². The molecule has 1 aliphatic heterocycles. The molecule has 1 heterocycles. The number of thioether (sulfide) groups is 1. The molecule has 0 radical (unpaired) electrons. The van der Waals surface area contributed by atoms with E-state index in [0.29, 0.717) is 10.6 Å². The Morgan fingerprint density at radius 2 is 1.95 bits per heavy atom. The third kappa shape index (κ3) is 2.86. The minimum atomic E-state index is -1.22. The van der Waals surface area contributed by atoms with Crippen LogP contribution in [0.4, 0.5) is 4.79 Å².